The van der Waals surface area contributed by atoms with Crippen molar-refractivity contribution in [1.29, 1.82) is 0 Å². The number of nitrogens with one attached hydrogen (secondary N) is 2. The third-order valence-electron chi connectivity index (χ3n) is 4.50. The van der Waals surface area contributed by atoms with Gasteiger partial charge >= 0.3 is 6.03 Å². The summed E-state index contributed by atoms with van der Waals surface area (Å²) in [5, 5.41) is 15.3. The Morgan fingerprint density at radius 1 is 1.00 bits per heavy atom. The molecule has 0 radical (unpaired) electrons. The number of aliphatic hydroxyl groups is 1. The fourth-order valence-electron chi connectivity index (χ4n) is 2.74. The second-order valence-electron chi connectivity index (χ2n) is 6.72. The van der Waals surface area contributed by atoms with E-state index in [2.05, 4.69) is 10.6 Å². The van der Waals surface area contributed by atoms with Gasteiger partial charge in [0.1, 0.15) is 6.61 Å². The van der Waals surface area contributed by atoms with E-state index in [9.17, 15) is 9.90 Å². The molecule has 0 bridgehead atoms. The zero-order valence-corrected chi connectivity index (χ0v) is 17.4. The van der Waals surface area contributed by atoms with Gasteiger partial charge in [-0.05, 0) is 42.7 Å². The minimum absolute atomic E-state index is 0.213. The minimum atomic E-state index is -0.505. The van der Waals surface area contributed by atoms with Crippen LogP contribution in [0, 0.1) is 0 Å². The Labute approximate surface area is 172 Å². The summed E-state index contributed by atoms with van der Waals surface area (Å²) in [4.78, 5) is 12.2. The molecule has 2 atom stereocenters. The minimum Gasteiger partial charge on any atom is -0.493 e. The standard InChI is InChI=1S/C22H30N2O5/c1-15(19-9-10-20(21(13-19)28-4)29-12-11-27-3)24-22(26)23-14-17-5-7-18(8-6-17)16(2)25/h5-10,13,15-16,25H,11-12,14H2,1-4H3,(H2,23,24,26)/t15-,16+/m1/s1. The highest BCUT2D eigenvalue weighted by Gasteiger charge is 2.13. The first kappa shape index (κ1) is 22.5. The molecule has 0 saturated heterocycles. The molecule has 0 unspecified atom stereocenters. The molecule has 29 heavy (non-hydrogen) atoms. The third-order valence-corrected chi connectivity index (χ3v) is 4.50. The number of methoxy groups -OCH3 is 2. The van der Waals surface area contributed by atoms with Crippen molar-refractivity contribution in [1.82, 2.24) is 10.6 Å². The normalized spacial score (nSPS) is 12.7. The number of hydrogen-bond acceptors (Lipinski definition) is 5. The van der Waals surface area contributed by atoms with Crippen LogP contribution < -0.4 is 20.1 Å². The van der Waals surface area contributed by atoms with Gasteiger partial charge in [0.25, 0.3) is 0 Å². The Bertz CT molecular complexity index is 777. The molecular weight excluding hydrogens is 372 g/mol. The fourth-order valence-corrected chi connectivity index (χ4v) is 2.74. The van der Waals surface area contributed by atoms with Crippen LogP contribution in [0.3, 0.4) is 0 Å². The molecule has 7 heteroatoms. The zero-order valence-electron chi connectivity index (χ0n) is 17.4. The average molecular weight is 402 g/mol. The molecular formula is C22H30N2O5. The van der Waals surface area contributed by atoms with Crippen LogP contribution in [-0.2, 0) is 11.3 Å². The lowest BCUT2D eigenvalue weighted by Crippen LogP contribution is -2.36. The van der Waals surface area contributed by atoms with Crippen LogP contribution in [0.4, 0.5) is 4.79 Å². The quantitative estimate of drug-likeness (QED) is 0.531. The molecule has 0 aliphatic heterocycles. The topological polar surface area (TPSA) is 89.1 Å². The van der Waals surface area contributed by atoms with Crippen molar-refractivity contribution >= 4 is 6.03 Å². The van der Waals surface area contributed by atoms with E-state index in [0.717, 1.165) is 16.7 Å². The fraction of sp³-hybridized carbons (Fsp3) is 0.409. The lowest BCUT2D eigenvalue weighted by Gasteiger charge is -2.17. The van der Waals surface area contributed by atoms with Crippen LogP contribution in [0.2, 0.25) is 0 Å². The second kappa shape index (κ2) is 11.3. The van der Waals surface area contributed by atoms with Gasteiger partial charge in [0.15, 0.2) is 11.5 Å². The van der Waals surface area contributed by atoms with Gasteiger partial charge in [0.05, 0.1) is 25.9 Å². The summed E-state index contributed by atoms with van der Waals surface area (Å²) in [7, 11) is 3.20. The highest BCUT2D eigenvalue weighted by atomic mass is 16.5. The molecule has 0 aliphatic carbocycles. The van der Waals surface area contributed by atoms with E-state index in [0.29, 0.717) is 31.3 Å². The van der Waals surface area contributed by atoms with Crippen LogP contribution in [0.1, 0.15) is 42.7 Å². The van der Waals surface area contributed by atoms with Gasteiger partial charge in [-0.3, -0.25) is 0 Å². The molecule has 3 N–H and O–H groups in total. The molecule has 7 nitrogen and oxygen atoms in total. The first-order chi connectivity index (χ1) is 13.9. The van der Waals surface area contributed by atoms with Gasteiger partial charge in [-0.1, -0.05) is 30.3 Å². The molecule has 2 rings (SSSR count). The summed E-state index contributed by atoms with van der Waals surface area (Å²) in [6.07, 6.45) is -0.505. The van der Waals surface area contributed by atoms with Gasteiger partial charge in [-0.15, -0.1) is 0 Å². The van der Waals surface area contributed by atoms with Gasteiger partial charge in [-0.25, -0.2) is 4.79 Å². The van der Waals surface area contributed by atoms with Crippen LogP contribution in [0.25, 0.3) is 0 Å². The van der Waals surface area contributed by atoms with E-state index in [1.165, 1.54) is 0 Å². The summed E-state index contributed by atoms with van der Waals surface area (Å²) in [6, 6.07) is 12.6. The van der Waals surface area contributed by atoms with E-state index in [4.69, 9.17) is 14.2 Å². The number of carbonyl (C=O) groups excluding carboxylic acids is 1. The average Bonchev–Trinajstić information content (AvgIpc) is 2.72. The largest absolute Gasteiger partial charge is 0.493 e. The van der Waals surface area contributed by atoms with E-state index in [1.807, 2.05) is 49.4 Å². The van der Waals surface area contributed by atoms with Gasteiger partial charge in [0.2, 0.25) is 0 Å². The lowest BCUT2D eigenvalue weighted by atomic mass is 10.1. The second-order valence-corrected chi connectivity index (χ2v) is 6.72. The van der Waals surface area contributed by atoms with E-state index < -0.39 is 6.10 Å². The first-order valence-electron chi connectivity index (χ1n) is 9.55. The van der Waals surface area contributed by atoms with Crippen LogP contribution in [0.15, 0.2) is 42.5 Å². The van der Waals surface area contributed by atoms with Crippen molar-refractivity contribution in [2.75, 3.05) is 27.4 Å². The van der Waals surface area contributed by atoms with Crippen molar-refractivity contribution in [3.05, 3.63) is 59.2 Å². The van der Waals surface area contributed by atoms with Crippen molar-refractivity contribution in [3.63, 3.8) is 0 Å². The number of rotatable bonds is 10. The highest BCUT2D eigenvalue weighted by Crippen LogP contribution is 2.30. The van der Waals surface area contributed by atoms with Crippen LogP contribution in [0.5, 0.6) is 11.5 Å². The molecule has 0 saturated carbocycles. The Morgan fingerprint density at radius 2 is 1.69 bits per heavy atom. The summed E-state index contributed by atoms with van der Waals surface area (Å²) in [6.45, 7) is 4.94. The van der Waals surface area contributed by atoms with Crippen LogP contribution in [-0.4, -0.2) is 38.6 Å². The number of hydrogen-bond donors (Lipinski definition) is 3. The number of benzene rings is 2. The summed E-state index contributed by atoms with van der Waals surface area (Å²) >= 11 is 0. The van der Waals surface area contributed by atoms with Crippen molar-refractivity contribution in [3.8, 4) is 11.5 Å². The molecule has 0 heterocycles. The van der Waals surface area contributed by atoms with Crippen molar-refractivity contribution in [2.45, 2.75) is 32.5 Å². The number of ether oxygens (including phenoxy) is 3. The predicted molar refractivity (Wildman–Crippen MR) is 111 cm³/mol. The van der Waals surface area contributed by atoms with E-state index in [1.54, 1.807) is 21.1 Å². The molecule has 158 valence electrons. The number of aliphatic hydroxyl groups excluding tert-OH is 1. The summed E-state index contributed by atoms with van der Waals surface area (Å²) in [5.41, 5.74) is 2.70. The molecule has 2 amide bonds. The number of carbonyl (C=O) groups is 1. The highest BCUT2D eigenvalue weighted by molar-refractivity contribution is 5.74. The van der Waals surface area contributed by atoms with Crippen molar-refractivity contribution < 1.29 is 24.1 Å². The number of amides is 2. The van der Waals surface area contributed by atoms with Crippen molar-refractivity contribution in [2.24, 2.45) is 0 Å². The third kappa shape index (κ3) is 6.96. The van der Waals surface area contributed by atoms with E-state index >= 15 is 0 Å². The maximum atomic E-state index is 12.2. The monoisotopic (exact) mass is 402 g/mol. The molecule has 2 aromatic carbocycles. The van der Waals surface area contributed by atoms with Gasteiger partial charge < -0.3 is 30.0 Å². The Hall–Kier alpha value is -2.77. The Morgan fingerprint density at radius 3 is 2.31 bits per heavy atom. The zero-order chi connectivity index (χ0) is 21.2. The SMILES string of the molecule is COCCOc1ccc([C@@H](C)NC(=O)NCc2ccc([C@H](C)O)cc2)cc1OC. The molecule has 0 aliphatic rings. The summed E-state index contributed by atoms with van der Waals surface area (Å²) in [5.74, 6) is 1.23. The molecule has 0 spiro atoms. The Kier molecular flexibility index (Phi) is 8.76. The summed E-state index contributed by atoms with van der Waals surface area (Å²) < 4.78 is 16.0. The first-order valence-corrected chi connectivity index (χ1v) is 9.55. The molecule has 2 aromatic rings. The molecule has 0 fully saturated rings. The number of urea groups is 1. The van der Waals surface area contributed by atoms with Gasteiger partial charge in [-0.2, -0.15) is 0 Å². The smallest absolute Gasteiger partial charge is 0.315 e. The van der Waals surface area contributed by atoms with E-state index in [-0.39, 0.29) is 12.1 Å². The molecule has 0 aromatic heterocycles. The Balaban J connectivity index is 1.89. The maximum absolute atomic E-state index is 12.2. The lowest BCUT2D eigenvalue weighted by molar-refractivity contribution is 0.144. The van der Waals surface area contributed by atoms with Crippen LogP contribution >= 0.6 is 0 Å². The van der Waals surface area contributed by atoms with Gasteiger partial charge in [0, 0.05) is 13.7 Å². The predicted octanol–water partition coefficient (Wildman–Crippen LogP) is 3.33. The maximum Gasteiger partial charge on any atom is 0.315 e.